The summed E-state index contributed by atoms with van der Waals surface area (Å²) in [5.41, 5.74) is 0.0300. The summed E-state index contributed by atoms with van der Waals surface area (Å²) >= 11 is 1.12. The van der Waals surface area contributed by atoms with Gasteiger partial charge < -0.3 is 9.73 Å². The number of aromatic nitrogens is 4. The average Bonchev–Trinajstić information content (AvgIpc) is 3.43. The normalized spacial score (nSPS) is 11.5. The number of carbonyl (C=O) groups is 1. The van der Waals surface area contributed by atoms with Crippen molar-refractivity contribution in [2.24, 2.45) is 0 Å². The van der Waals surface area contributed by atoms with Crippen molar-refractivity contribution < 1.29 is 22.4 Å². The van der Waals surface area contributed by atoms with Gasteiger partial charge in [-0.25, -0.2) is 0 Å². The lowest BCUT2D eigenvalue weighted by Gasteiger charge is -2.10. The van der Waals surface area contributed by atoms with Crippen LogP contribution in [0.15, 0.2) is 76.8 Å². The molecule has 164 valence electrons. The second kappa shape index (κ2) is 9.27. The minimum Gasteiger partial charge on any atom is -0.467 e. The van der Waals surface area contributed by atoms with Crippen LogP contribution < -0.4 is 5.32 Å². The Hall–Kier alpha value is -3.60. The van der Waals surface area contributed by atoms with Crippen LogP contribution in [0.3, 0.4) is 0 Å². The summed E-state index contributed by atoms with van der Waals surface area (Å²) in [5.74, 6) is 0.718. The molecule has 1 amide bonds. The molecule has 7 nitrogen and oxygen atoms in total. The van der Waals surface area contributed by atoms with Gasteiger partial charge in [0, 0.05) is 23.6 Å². The van der Waals surface area contributed by atoms with Crippen molar-refractivity contribution in [2.45, 2.75) is 17.9 Å². The third-order valence-electron chi connectivity index (χ3n) is 4.36. The molecule has 1 aromatic carbocycles. The Morgan fingerprint density at radius 2 is 1.91 bits per heavy atom. The molecule has 11 heteroatoms. The van der Waals surface area contributed by atoms with Crippen molar-refractivity contribution in [3.8, 4) is 11.4 Å². The standard InChI is InChI=1S/C21H16F3N5O2S/c22-21(23,24)15-3-1-4-16(11-15)26-18(30)13-32-20-28-27-19(14-6-8-25-9-7-14)29(20)12-17-5-2-10-31-17/h1-11H,12-13H2,(H,26,30). The number of benzene rings is 1. The molecule has 4 aromatic rings. The zero-order chi connectivity index (χ0) is 22.6. The third kappa shape index (κ3) is 5.17. The zero-order valence-corrected chi connectivity index (χ0v) is 17.2. The van der Waals surface area contributed by atoms with Gasteiger partial charge >= 0.3 is 6.18 Å². The number of thioether (sulfide) groups is 1. The van der Waals surface area contributed by atoms with E-state index in [1.807, 2.05) is 6.07 Å². The van der Waals surface area contributed by atoms with Gasteiger partial charge in [0.05, 0.1) is 24.1 Å². The van der Waals surface area contributed by atoms with Gasteiger partial charge in [-0.3, -0.25) is 14.3 Å². The second-order valence-electron chi connectivity index (χ2n) is 6.62. The van der Waals surface area contributed by atoms with E-state index in [2.05, 4.69) is 20.5 Å². The Labute approximate surface area is 184 Å². The number of hydrogen-bond acceptors (Lipinski definition) is 6. The lowest BCUT2D eigenvalue weighted by atomic mass is 10.2. The van der Waals surface area contributed by atoms with Gasteiger partial charge in [0.2, 0.25) is 5.91 Å². The molecular weight excluding hydrogens is 443 g/mol. The first kappa shape index (κ1) is 21.6. The Kier molecular flexibility index (Phi) is 6.26. The predicted molar refractivity (Wildman–Crippen MR) is 112 cm³/mol. The van der Waals surface area contributed by atoms with Crippen LogP contribution >= 0.6 is 11.8 Å². The number of hydrogen-bond donors (Lipinski definition) is 1. The van der Waals surface area contributed by atoms with Crippen molar-refractivity contribution in [1.29, 1.82) is 0 Å². The number of alkyl halides is 3. The molecule has 3 aromatic heterocycles. The summed E-state index contributed by atoms with van der Waals surface area (Å²) in [5, 5.41) is 11.4. The Bertz CT molecular complexity index is 1190. The van der Waals surface area contributed by atoms with E-state index in [1.54, 1.807) is 41.4 Å². The van der Waals surface area contributed by atoms with Crippen LogP contribution in [0.25, 0.3) is 11.4 Å². The van der Waals surface area contributed by atoms with Crippen LogP contribution in [-0.4, -0.2) is 31.4 Å². The molecule has 0 atom stereocenters. The number of nitrogens with one attached hydrogen (secondary N) is 1. The minimum absolute atomic E-state index is 0.0666. The number of carbonyl (C=O) groups excluding carboxylic acids is 1. The molecule has 0 saturated carbocycles. The lowest BCUT2D eigenvalue weighted by Crippen LogP contribution is -2.15. The number of furan rings is 1. The van der Waals surface area contributed by atoms with E-state index in [9.17, 15) is 18.0 Å². The quantitative estimate of drug-likeness (QED) is 0.402. The molecule has 0 unspecified atom stereocenters. The number of halogens is 3. The first-order valence-electron chi connectivity index (χ1n) is 9.36. The molecule has 1 N–H and O–H groups in total. The highest BCUT2D eigenvalue weighted by atomic mass is 32.2. The summed E-state index contributed by atoms with van der Waals surface area (Å²) in [7, 11) is 0. The van der Waals surface area contributed by atoms with Gasteiger partial charge in [-0.05, 0) is 42.5 Å². The average molecular weight is 459 g/mol. The van der Waals surface area contributed by atoms with Crippen LogP contribution in [-0.2, 0) is 17.5 Å². The number of rotatable bonds is 7. The number of anilines is 1. The minimum atomic E-state index is -4.49. The van der Waals surface area contributed by atoms with Crippen LogP contribution in [0.4, 0.5) is 18.9 Å². The molecule has 0 saturated heterocycles. The number of amides is 1. The van der Waals surface area contributed by atoms with Crippen molar-refractivity contribution in [2.75, 3.05) is 11.1 Å². The SMILES string of the molecule is O=C(CSc1nnc(-c2ccncc2)n1Cc1ccco1)Nc1cccc(C(F)(F)F)c1. The molecular formula is C21H16F3N5O2S. The van der Waals surface area contributed by atoms with Crippen molar-refractivity contribution in [3.05, 3.63) is 78.5 Å². The van der Waals surface area contributed by atoms with E-state index in [4.69, 9.17) is 4.42 Å². The lowest BCUT2D eigenvalue weighted by molar-refractivity contribution is -0.137. The van der Waals surface area contributed by atoms with Crippen LogP contribution in [0.1, 0.15) is 11.3 Å². The van der Waals surface area contributed by atoms with E-state index in [0.717, 1.165) is 29.5 Å². The highest BCUT2D eigenvalue weighted by molar-refractivity contribution is 7.99. The maximum atomic E-state index is 12.9. The van der Waals surface area contributed by atoms with Gasteiger partial charge in [-0.15, -0.1) is 10.2 Å². The van der Waals surface area contributed by atoms with E-state index >= 15 is 0 Å². The Morgan fingerprint density at radius 3 is 2.62 bits per heavy atom. The fourth-order valence-corrected chi connectivity index (χ4v) is 3.65. The van der Waals surface area contributed by atoms with Gasteiger partial charge in [-0.2, -0.15) is 13.2 Å². The molecule has 32 heavy (non-hydrogen) atoms. The van der Waals surface area contributed by atoms with Crippen molar-refractivity contribution in [3.63, 3.8) is 0 Å². The van der Waals surface area contributed by atoms with Gasteiger partial charge in [0.25, 0.3) is 0 Å². The summed E-state index contributed by atoms with van der Waals surface area (Å²) in [4.78, 5) is 16.4. The van der Waals surface area contributed by atoms with Gasteiger partial charge in [-0.1, -0.05) is 17.8 Å². The molecule has 0 radical (unpaired) electrons. The fraction of sp³-hybridized carbons (Fsp3) is 0.143. The van der Waals surface area contributed by atoms with E-state index in [0.29, 0.717) is 23.3 Å². The molecule has 0 fully saturated rings. The second-order valence-corrected chi connectivity index (χ2v) is 7.57. The van der Waals surface area contributed by atoms with E-state index in [-0.39, 0.29) is 11.4 Å². The van der Waals surface area contributed by atoms with Crippen molar-refractivity contribution in [1.82, 2.24) is 19.7 Å². The number of nitrogens with zero attached hydrogens (tertiary/aromatic N) is 4. The summed E-state index contributed by atoms with van der Waals surface area (Å²) in [6.45, 7) is 0.342. The molecule has 0 aliphatic rings. The molecule has 0 bridgehead atoms. The molecule has 0 aliphatic heterocycles. The van der Waals surface area contributed by atoms with Gasteiger partial charge in [0.15, 0.2) is 11.0 Å². The Morgan fingerprint density at radius 1 is 1.09 bits per heavy atom. The topological polar surface area (TPSA) is 85.8 Å². The van der Waals surface area contributed by atoms with Crippen LogP contribution in [0.5, 0.6) is 0 Å². The highest BCUT2D eigenvalue weighted by Crippen LogP contribution is 2.31. The maximum absolute atomic E-state index is 12.9. The monoisotopic (exact) mass is 459 g/mol. The van der Waals surface area contributed by atoms with Crippen LogP contribution in [0, 0.1) is 0 Å². The first-order chi connectivity index (χ1) is 15.4. The Balaban J connectivity index is 1.49. The van der Waals surface area contributed by atoms with E-state index < -0.39 is 17.6 Å². The summed E-state index contributed by atoms with van der Waals surface area (Å²) in [6.07, 6.45) is 0.343. The smallest absolute Gasteiger partial charge is 0.416 e. The zero-order valence-electron chi connectivity index (χ0n) is 16.4. The van der Waals surface area contributed by atoms with Crippen molar-refractivity contribution >= 4 is 23.4 Å². The fourth-order valence-electron chi connectivity index (χ4n) is 2.91. The predicted octanol–water partition coefficient (Wildman–Crippen LogP) is 4.73. The largest absolute Gasteiger partial charge is 0.467 e. The molecule has 3 heterocycles. The van der Waals surface area contributed by atoms with E-state index in [1.165, 1.54) is 12.1 Å². The third-order valence-corrected chi connectivity index (χ3v) is 5.32. The summed E-state index contributed by atoms with van der Waals surface area (Å²) in [6, 6.07) is 11.6. The highest BCUT2D eigenvalue weighted by Gasteiger charge is 2.30. The van der Waals surface area contributed by atoms with Gasteiger partial charge in [0.1, 0.15) is 5.76 Å². The molecule has 4 rings (SSSR count). The summed E-state index contributed by atoms with van der Waals surface area (Å²) < 4.78 is 45.8. The first-order valence-corrected chi connectivity index (χ1v) is 10.3. The molecule has 0 spiro atoms. The maximum Gasteiger partial charge on any atom is 0.416 e. The number of pyridine rings is 1. The van der Waals surface area contributed by atoms with Crippen LogP contribution in [0.2, 0.25) is 0 Å². The molecule has 0 aliphatic carbocycles.